The van der Waals surface area contributed by atoms with Crippen molar-refractivity contribution < 1.29 is 19.9 Å². The van der Waals surface area contributed by atoms with Crippen molar-refractivity contribution >= 4 is 17.8 Å². The zero-order chi connectivity index (χ0) is 24.0. The van der Waals surface area contributed by atoms with Crippen molar-refractivity contribution in [1.82, 2.24) is 0 Å². The Morgan fingerprint density at radius 1 is 0.529 bits per heavy atom. The Morgan fingerprint density at radius 2 is 0.882 bits per heavy atom. The molecule has 0 aliphatic heterocycles. The number of aliphatic hydroxyl groups excluding tert-OH is 3. The first-order chi connectivity index (χ1) is 16.5. The highest BCUT2D eigenvalue weighted by Gasteiger charge is 2.43. The molecular weight excluding hydrogens is 443 g/mol. The number of rotatable bonds is 9. The van der Waals surface area contributed by atoms with Gasteiger partial charge in [0.1, 0.15) is 13.2 Å². The Labute approximate surface area is 200 Å². The van der Waals surface area contributed by atoms with Crippen LogP contribution in [0.25, 0.3) is 0 Å². The smallest absolute Gasteiger partial charge is 0.149 e. The van der Waals surface area contributed by atoms with Gasteiger partial charge in [0.05, 0.1) is 17.9 Å². The minimum atomic E-state index is -3.46. The highest BCUT2D eigenvalue weighted by Crippen LogP contribution is 2.55. The van der Waals surface area contributed by atoms with E-state index in [1.165, 1.54) is 0 Å². The Kier molecular flexibility index (Phi) is 7.77. The molecule has 0 radical (unpaired) electrons. The Hall–Kier alpha value is -3.01. The second kappa shape index (κ2) is 10.9. The molecule has 174 valence electrons. The van der Waals surface area contributed by atoms with Gasteiger partial charge in [-0.15, -0.1) is 0 Å². The van der Waals surface area contributed by atoms with Gasteiger partial charge in [-0.05, 0) is 17.5 Å². The highest BCUT2D eigenvalue weighted by atomic mass is 31.2. The molecule has 0 saturated carbocycles. The molecule has 4 atom stereocenters. The van der Waals surface area contributed by atoms with Crippen molar-refractivity contribution in [2.24, 2.45) is 0 Å². The third kappa shape index (κ3) is 5.06. The molecule has 4 aromatic rings. The summed E-state index contributed by atoms with van der Waals surface area (Å²) in [5.74, 6) is 0. The number of hydrogen-bond acceptors (Lipinski definition) is 4. The predicted octanol–water partition coefficient (Wildman–Crippen LogP) is 4.59. The molecule has 2 unspecified atom stereocenters. The van der Waals surface area contributed by atoms with Gasteiger partial charge in [-0.25, -0.2) is 0 Å². The van der Waals surface area contributed by atoms with Gasteiger partial charge in [0.15, 0.2) is 0 Å². The van der Waals surface area contributed by atoms with Crippen LogP contribution in [-0.4, -0.2) is 27.1 Å². The van der Waals surface area contributed by atoms with E-state index in [9.17, 15) is 15.3 Å². The van der Waals surface area contributed by atoms with Crippen LogP contribution in [0.15, 0.2) is 121 Å². The predicted molar refractivity (Wildman–Crippen MR) is 137 cm³/mol. The Morgan fingerprint density at radius 3 is 1.29 bits per heavy atom. The molecule has 0 aliphatic rings. The van der Waals surface area contributed by atoms with Crippen molar-refractivity contribution in [3.8, 4) is 0 Å². The second-order valence-corrected chi connectivity index (χ2v) is 11.4. The minimum absolute atomic E-state index is 0.0623. The van der Waals surface area contributed by atoms with E-state index < -0.39 is 31.1 Å². The normalized spacial score (nSPS) is 15.3. The van der Waals surface area contributed by atoms with E-state index in [1.54, 1.807) is 60.7 Å². The molecule has 0 heterocycles. The van der Waals surface area contributed by atoms with Gasteiger partial charge < -0.3 is 19.9 Å². The van der Waals surface area contributed by atoms with Gasteiger partial charge in [-0.1, -0.05) is 121 Å². The lowest BCUT2D eigenvalue weighted by Gasteiger charge is -2.34. The van der Waals surface area contributed by atoms with Crippen LogP contribution < -0.4 is 10.6 Å². The van der Waals surface area contributed by atoms with Crippen LogP contribution in [-0.2, 0) is 4.57 Å². The molecular formula is C29H29O4P. The molecule has 0 fully saturated rings. The molecule has 4 aromatic carbocycles. The van der Waals surface area contributed by atoms with Crippen molar-refractivity contribution in [2.75, 3.05) is 0 Å². The van der Waals surface area contributed by atoms with Gasteiger partial charge in [0.2, 0.25) is 0 Å². The fraction of sp³-hybridized carbons (Fsp3) is 0.172. The molecule has 0 bridgehead atoms. The lowest BCUT2D eigenvalue weighted by atomic mass is 9.97. The maximum absolute atomic E-state index is 15.1. The fourth-order valence-corrected chi connectivity index (χ4v) is 7.81. The molecule has 3 N–H and O–H groups in total. The zero-order valence-electron chi connectivity index (χ0n) is 18.8. The molecule has 0 saturated heterocycles. The third-order valence-electron chi connectivity index (χ3n) is 6.24. The molecule has 0 amide bonds. The molecule has 5 heteroatoms. The molecule has 4 rings (SSSR count). The Balaban J connectivity index is 1.82. The van der Waals surface area contributed by atoms with E-state index in [2.05, 4.69) is 0 Å². The van der Waals surface area contributed by atoms with Crippen molar-refractivity contribution in [3.63, 3.8) is 0 Å². The average molecular weight is 473 g/mol. The quantitative estimate of drug-likeness (QED) is 0.312. The summed E-state index contributed by atoms with van der Waals surface area (Å²) in [4.78, 5) is 0. The van der Waals surface area contributed by atoms with Crippen molar-refractivity contribution in [2.45, 2.75) is 30.4 Å². The lowest BCUT2D eigenvalue weighted by Crippen LogP contribution is -2.35. The lowest BCUT2D eigenvalue weighted by molar-refractivity contribution is 0.00533. The van der Waals surface area contributed by atoms with Gasteiger partial charge >= 0.3 is 0 Å². The summed E-state index contributed by atoms with van der Waals surface area (Å²) in [6.07, 6.45) is -3.59. The second-order valence-electron chi connectivity index (χ2n) is 8.41. The summed E-state index contributed by atoms with van der Waals surface area (Å²) in [5.41, 5.74) is 0.311. The monoisotopic (exact) mass is 472 g/mol. The molecule has 0 aliphatic carbocycles. The fourth-order valence-electron chi connectivity index (χ4n) is 4.43. The van der Waals surface area contributed by atoms with E-state index >= 15 is 4.57 Å². The standard InChI is InChI=1S/C29H29O4P/c30-26(28(31)22-13-5-1-6-14-22)21-27(29(32)23-15-7-2-8-16-23)34(33,24-17-9-3-10-18-24)25-19-11-4-12-20-25/h1-20,26-32H,21H2/t26-,27?,28-,29?/m0/s1. The van der Waals surface area contributed by atoms with Gasteiger partial charge in [0.25, 0.3) is 0 Å². The van der Waals surface area contributed by atoms with E-state index in [0.717, 1.165) is 0 Å². The van der Waals surface area contributed by atoms with E-state index in [1.807, 2.05) is 60.7 Å². The highest BCUT2D eigenvalue weighted by molar-refractivity contribution is 7.79. The van der Waals surface area contributed by atoms with Crippen LogP contribution in [0.4, 0.5) is 0 Å². The first kappa shape index (κ1) is 24.1. The summed E-state index contributed by atoms with van der Waals surface area (Å²) in [5, 5.41) is 34.8. The van der Waals surface area contributed by atoms with Crippen LogP contribution in [0.3, 0.4) is 0 Å². The molecule has 4 nitrogen and oxygen atoms in total. The van der Waals surface area contributed by atoms with Crippen molar-refractivity contribution in [3.05, 3.63) is 132 Å². The first-order valence-corrected chi connectivity index (χ1v) is 13.1. The summed E-state index contributed by atoms with van der Waals surface area (Å²) >= 11 is 0. The summed E-state index contributed by atoms with van der Waals surface area (Å²) in [6.45, 7) is 0. The number of aliphatic hydroxyl groups is 3. The first-order valence-electron chi connectivity index (χ1n) is 11.4. The van der Waals surface area contributed by atoms with Crippen LogP contribution in [0, 0.1) is 0 Å². The van der Waals surface area contributed by atoms with Crippen LogP contribution in [0.5, 0.6) is 0 Å². The van der Waals surface area contributed by atoms with Gasteiger partial charge in [-0.3, -0.25) is 0 Å². The summed E-state index contributed by atoms with van der Waals surface area (Å²) in [7, 11) is -3.46. The van der Waals surface area contributed by atoms with Crippen LogP contribution in [0.1, 0.15) is 29.8 Å². The number of benzene rings is 4. The largest absolute Gasteiger partial charge is 0.390 e. The molecule has 0 aromatic heterocycles. The third-order valence-corrected chi connectivity index (χ3v) is 9.80. The zero-order valence-corrected chi connectivity index (χ0v) is 19.7. The topological polar surface area (TPSA) is 77.8 Å². The maximum atomic E-state index is 15.1. The van der Waals surface area contributed by atoms with Crippen molar-refractivity contribution in [1.29, 1.82) is 0 Å². The van der Waals surface area contributed by atoms with Crippen LogP contribution >= 0.6 is 7.14 Å². The van der Waals surface area contributed by atoms with Crippen LogP contribution in [0.2, 0.25) is 0 Å². The van der Waals surface area contributed by atoms with E-state index in [0.29, 0.717) is 21.7 Å². The molecule has 0 spiro atoms. The minimum Gasteiger partial charge on any atom is -0.390 e. The van der Waals surface area contributed by atoms with E-state index in [-0.39, 0.29) is 6.42 Å². The maximum Gasteiger partial charge on any atom is 0.149 e. The number of hydrogen-bond donors (Lipinski definition) is 3. The summed E-state index contributed by atoms with van der Waals surface area (Å²) in [6, 6.07) is 36.2. The molecule has 34 heavy (non-hydrogen) atoms. The van der Waals surface area contributed by atoms with Gasteiger partial charge in [-0.2, -0.15) is 0 Å². The Bertz CT molecular complexity index is 1160. The average Bonchev–Trinajstić information content (AvgIpc) is 2.92. The van der Waals surface area contributed by atoms with E-state index in [4.69, 9.17) is 0 Å². The van der Waals surface area contributed by atoms with Gasteiger partial charge in [0, 0.05) is 10.6 Å². The SMILES string of the molecule is O=P(c1ccccc1)(c1ccccc1)C(C[C@H](O)[C@@H](O)c1ccccc1)C(O)c1ccccc1. The summed E-state index contributed by atoms with van der Waals surface area (Å²) < 4.78 is 15.1.